The molecule has 0 radical (unpaired) electrons. The molecule has 0 spiro atoms. The molecule has 1 aliphatic heterocycles. The molecule has 276 valence electrons. The lowest BCUT2D eigenvalue weighted by atomic mass is 9.66. The summed E-state index contributed by atoms with van der Waals surface area (Å²) in [5.74, 6) is 1.02. The summed E-state index contributed by atoms with van der Waals surface area (Å²) in [6.07, 6.45) is 11.2. The summed E-state index contributed by atoms with van der Waals surface area (Å²) >= 11 is 6.10. The molecule has 0 bridgehead atoms. The number of benzene rings is 1. The standard InChI is InChI=1S/C40H65ClO6Si2/c1-13-35(44-30-18-16-29(41)17-19-30)38(42)45-36-26-33(47-49(11,12)40(6,7)8)24-28-15-14-27(2)34(37(28)36)21-20-31-25-32(22-23-43-31)46-48(9,10)39(3,4)5/h14-19,24,27,31-37H,13,20-23,25-26H2,1-12H3/t27-,31+,32+,33+,34-,35?,36-,37-/m0/s1. The molecule has 0 amide bonds. The van der Waals surface area contributed by atoms with Crippen LogP contribution in [0.5, 0.6) is 5.75 Å². The van der Waals surface area contributed by atoms with E-state index in [-0.39, 0.29) is 46.4 Å². The minimum atomic E-state index is -2.08. The fourth-order valence-corrected chi connectivity index (χ4v) is 9.74. The van der Waals surface area contributed by atoms with Crippen LogP contribution in [-0.4, -0.2) is 59.7 Å². The van der Waals surface area contributed by atoms with Crippen LogP contribution >= 0.6 is 11.6 Å². The number of halogens is 1. The molecule has 2 aliphatic carbocycles. The van der Waals surface area contributed by atoms with Crippen molar-refractivity contribution >= 4 is 34.2 Å². The molecule has 1 unspecified atom stereocenters. The average molecular weight is 734 g/mol. The zero-order chi connectivity index (χ0) is 36.4. The number of allylic oxidation sites excluding steroid dienone is 2. The maximum absolute atomic E-state index is 13.9. The summed E-state index contributed by atoms with van der Waals surface area (Å²) < 4.78 is 32.8. The van der Waals surface area contributed by atoms with Crippen molar-refractivity contribution in [2.75, 3.05) is 6.61 Å². The first kappa shape index (κ1) is 40.3. The lowest BCUT2D eigenvalue weighted by Gasteiger charge is -2.46. The van der Waals surface area contributed by atoms with Crippen LogP contribution in [0.15, 0.2) is 48.1 Å². The monoisotopic (exact) mass is 732 g/mol. The van der Waals surface area contributed by atoms with Crippen LogP contribution in [0.25, 0.3) is 0 Å². The topological polar surface area (TPSA) is 63.2 Å². The van der Waals surface area contributed by atoms with Crippen molar-refractivity contribution in [2.24, 2.45) is 17.8 Å². The first-order valence-electron chi connectivity index (χ1n) is 18.7. The highest BCUT2D eigenvalue weighted by molar-refractivity contribution is 6.74. The molecule has 1 aromatic rings. The van der Waals surface area contributed by atoms with E-state index in [0.717, 1.165) is 32.3 Å². The van der Waals surface area contributed by atoms with Gasteiger partial charge in [0.25, 0.3) is 0 Å². The van der Waals surface area contributed by atoms with Gasteiger partial charge < -0.3 is 23.1 Å². The molecule has 1 aromatic carbocycles. The average Bonchev–Trinajstić information content (AvgIpc) is 2.99. The highest BCUT2D eigenvalue weighted by Gasteiger charge is 2.46. The van der Waals surface area contributed by atoms with Gasteiger partial charge in [0.2, 0.25) is 0 Å². The zero-order valence-electron chi connectivity index (χ0n) is 32.4. The van der Waals surface area contributed by atoms with Gasteiger partial charge >= 0.3 is 5.97 Å². The number of fused-ring (bicyclic) bond motifs is 1. The third kappa shape index (κ3) is 10.3. The lowest BCUT2D eigenvalue weighted by Crippen LogP contribution is -2.49. The van der Waals surface area contributed by atoms with Crippen LogP contribution in [-0.2, 0) is 23.1 Å². The summed E-state index contributed by atoms with van der Waals surface area (Å²) in [4.78, 5) is 13.9. The van der Waals surface area contributed by atoms with Crippen molar-refractivity contribution in [3.8, 4) is 5.75 Å². The first-order chi connectivity index (χ1) is 22.7. The van der Waals surface area contributed by atoms with E-state index in [4.69, 9.17) is 34.7 Å². The number of hydrogen-bond acceptors (Lipinski definition) is 6. The minimum absolute atomic E-state index is 0.0693. The smallest absolute Gasteiger partial charge is 0.347 e. The Morgan fingerprint density at radius 1 is 0.959 bits per heavy atom. The van der Waals surface area contributed by atoms with E-state index in [1.807, 2.05) is 6.92 Å². The molecule has 6 nitrogen and oxygen atoms in total. The van der Waals surface area contributed by atoms with Gasteiger partial charge in [-0.3, -0.25) is 0 Å². The van der Waals surface area contributed by atoms with Gasteiger partial charge in [-0.25, -0.2) is 4.79 Å². The van der Waals surface area contributed by atoms with E-state index >= 15 is 0 Å². The number of carbonyl (C=O) groups is 1. The highest BCUT2D eigenvalue weighted by atomic mass is 35.5. The van der Waals surface area contributed by atoms with Crippen LogP contribution in [0.4, 0.5) is 0 Å². The van der Waals surface area contributed by atoms with Crippen LogP contribution in [0.2, 0.25) is 41.3 Å². The highest BCUT2D eigenvalue weighted by Crippen LogP contribution is 2.47. The maximum Gasteiger partial charge on any atom is 0.347 e. The number of hydrogen-bond donors (Lipinski definition) is 0. The fourth-order valence-electron chi connectivity index (χ4n) is 6.93. The zero-order valence-corrected chi connectivity index (χ0v) is 35.2. The van der Waals surface area contributed by atoms with Gasteiger partial charge in [0, 0.05) is 30.1 Å². The van der Waals surface area contributed by atoms with E-state index in [2.05, 4.69) is 92.9 Å². The second-order valence-electron chi connectivity index (χ2n) is 17.8. The van der Waals surface area contributed by atoms with Crippen LogP contribution in [0, 0.1) is 17.8 Å². The Labute approximate surface area is 304 Å². The molecule has 9 heteroatoms. The van der Waals surface area contributed by atoms with Crippen LogP contribution < -0.4 is 4.74 Å². The second-order valence-corrected chi connectivity index (χ2v) is 27.7. The molecular weight excluding hydrogens is 668 g/mol. The summed E-state index contributed by atoms with van der Waals surface area (Å²) in [5.41, 5.74) is 1.23. The molecule has 1 saturated heterocycles. The quantitative estimate of drug-likeness (QED) is 0.157. The van der Waals surface area contributed by atoms with Crippen molar-refractivity contribution in [2.45, 2.75) is 161 Å². The Morgan fingerprint density at radius 3 is 2.20 bits per heavy atom. The van der Waals surface area contributed by atoms with Gasteiger partial charge in [-0.2, -0.15) is 0 Å². The maximum atomic E-state index is 13.9. The Balaban J connectivity index is 1.54. The second kappa shape index (κ2) is 16.1. The molecule has 0 N–H and O–H groups in total. The van der Waals surface area contributed by atoms with Crippen molar-refractivity contribution in [1.82, 2.24) is 0 Å². The van der Waals surface area contributed by atoms with Gasteiger partial charge in [-0.1, -0.05) is 85.2 Å². The normalized spacial score (nSPS) is 28.8. The summed E-state index contributed by atoms with van der Waals surface area (Å²) in [6, 6.07) is 7.13. The molecule has 0 saturated carbocycles. The van der Waals surface area contributed by atoms with Crippen molar-refractivity contribution in [3.63, 3.8) is 0 Å². The molecule has 1 fully saturated rings. The van der Waals surface area contributed by atoms with E-state index in [9.17, 15) is 4.79 Å². The van der Waals surface area contributed by atoms with E-state index in [1.165, 1.54) is 5.57 Å². The van der Waals surface area contributed by atoms with Crippen molar-refractivity contribution in [3.05, 3.63) is 53.1 Å². The van der Waals surface area contributed by atoms with Crippen molar-refractivity contribution < 1.29 is 27.9 Å². The predicted octanol–water partition coefficient (Wildman–Crippen LogP) is 10.9. The predicted molar refractivity (Wildman–Crippen MR) is 206 cm³/mol. The van der Waals surface area contributed by atoms with Gasteiger partial charge in [0.1, 0.15) is 11.9 Å². The van der Waals surface area contributed by atoms with Crippen molar-refractivity contribution in [1.29, 1.82) is 0 Å². The van der Waals surface area contributed by atoms with Gasteiger partial charge in [0.05, 0.1) is 12.2 Å². The molecule has 3 aliphatic rings. The molecular formula is C40H65ClO6Si2. The summed E-state index contributed by atoms with van der Waals surface area (Å²) in [6.45, 7) is 28.0. The third-order valence-corrected chi connectivity index (χ3v) is 21.3. The Kier molecular flexibility index (Phi) is 13.2. The van der Waals surface area contributed by atoms with Crippen LogP contribution in [0.3, 0.4) is 0 Å². The molecule has 4 rings (SSSR count). The van der Waals surface area contributed by atoms with Gasteiger partial charge in [-0.15, -0.1) is 0 Å². The number of carbonyl (C=O) groups excluding carboxylic acids is 1. The molecule has 8 atom stereocenters. The lowest BCUT2D eigenvalue weighted by molar-refractivity contribution is -0.163. The Hall–Kier alpha value is -1.43. The Bertz CT molecular complexity index is 1310. The minimum Gasteiger partial charge on any atom is -0.479 e. The first-order valence-corrected chi connectivity index (χ1v) is 24.9. The van der Waals surface area contributed by atoms with E-state index < -0.39 is 22.7 Å². The van der Waals surface area contributed by atoms with Crippen LogP contribution in [0.1, 0.15) is 93.9 Å². The number of esters is 1. The van der Waals surface area contributed by atoms with Gasteiger partial charge in [0.15, 0.2) is 22.7 Å². The summed E-state index contributed by atoms with van der Waals surface area (Å²) in [7, 11) is -3.93. The third-order valence-electron chi connectivity index (χ3n) is 12.0. The molecule has 1 heterocycles. The van der Waals surface area contributed by atoms with E-state index in [1.54, 1.807) is 24.3 Å². The van der Waals surface area contributed by atoms with Gasteiger partial charge in [-0.05, 0) is 110 Å². The SMILES string of the molecule is CCC(Oc1ccc(Cl)cc1)C(=O)O[C@H]1C[C@H](O[Si](C)(C)C(C)(C)C)C=C2C=C[C@H](C)[C@H](CC[C@@H]3C[C@H](O[Si](C)(C)C(C)(C)C)CCO3)[C@H]21. The molecule has 0 aromatic heterocycles. The number of ether oxygens (including phenoxy) is 3. The fraction of sp³-hybridized carbons (Fsp3) is 0.725. The largest absolute Gasteiger partial charge is 0.479 e. The van der Waals surface area contributed by atoms with E-state index in [0.29, 0.717) is 35.4 Å². The number of rotatable bonds is 12. The molecule has 49 heavy (non-hydrogen) atoms. The summed E-state index contributed by atoms with van der Waals surface area (Å²) in [5, 5.41) is 0.879. The Morgan fingerprint density at radius 2 is 1.59 bits per heavy atom.